The van der Waals surface area contributed by atoms with Gasteiger partial charge in [0.25, 0.3) is 0 Å². The SMILES string of the molecule is CCc1ncc(CN(C(=O)CN2CCC(C(C)(C)C)CC2)C2CCNCC2)[nH]1. The van der Waals surface area contributed by atoms with Crippen LogP contribution in [0.2, 0.25) is 0 Å². The lowest BCUT2D eigenvalue weighted by molar-refractivity contribution is -0.136. The van der Waals surface area contributed by atoms with Crippen molar-refractivity contribution in [3.63, 3.8) is 0 Å². The number of hydrogen-bond acceptors (Lipinski definition) is 4. The number of aromatic nitrogens is 2. The number of aryl methyl sites for hydroxylation is 1. The smallest absolute Gasteiger partial charge is 0.237 e. The molecule has 2 aliphatic heterocycles. The lowest BCUT2D eigenvalue weighted by Crippen LogP contribution is -2.50. The Labute approximate surface area is 170 Å². The molecule has 0 atom stereocenters. The number of nitrogens with zero attached hydrogens (tertiary/aromatic N) is 3. The van der Waals surface area contributed by atoms with E-state index in [0.29, 0.717) is 24.5 Å². The summed E-state index contributed by atoms with van der Waals surface area (Å²) in [5.41, 5.74) is 1.42. The molecule has 158 valence electrons. The Hall–Kier alpha value is -1.40. The van der Waals surface area contributed by atoms with E-state index in [0.717, 1.165) is 62.9 Å². The number of hydrogen-bond donors (Lipinski definition) is 2. The summed E-state index contributed by atoms with van der Waals surface area (Å²) >= 11 is 0. The maximum absolute atomic E-state index is 13.3. The van der Waals surface area contributed by atoms with Crippen LogP contribution in [0.15, 0.2) is 6.20 Å². The van der Waals surface area contributed by atoms with E-state index in [1.807, 2.05) is 6.20 Å². The van der Waals surface area contributed by atoms with Crippen LogP contribution >= 0.6 is 0 Å². The molecule has 1 aromatic rings. The highest BCUT2D eigenvalue weighted by Crippen LogP contribution is 2.34. The molecule has 3 rings (SSSR count). The molecule has 6 nitrogen and oxygen atoms in total. The van der Waals surface area contributed by atoms with Gasteiger partial charge in [-0.05, 0) is 63.2 Å². The summed E-state index contributed by atoms with van der Waals surface area (Å²) < 4.78 is 0. The number of nitrogens with one attached hydrogen (secondary N) is 2. The maximum Gasteiger partial charge on any atom is 0.237 e. The Morgan fingerprint density at radius 1 is 1.21 bits per heavy atom. The summed E-state index contributed by atoms with van der Waals surface area (Å²) in [6.45, 7) is 14.4. The zero-order valence-corrected chi connectivity index (χ0v) is 18.3. The standard InChI is InChI=1S/C22H39N5O/c1-5-20-24-14-18(25-20)15-27(19-6-10-23-11-7-19)21(28)16-26-12-8-17(9-13-26)22(2,3)4/h14,17,19,23H,5-13,15-16H2,1-4H3,(H,24,25). The second kappa shape index (κ2) is 9.40. The molecule has 2 aliphatic rings. The molecule has 0 spiro atoms. The summed E-state index contributed by atoms with van der Waals surface area (Å²) in [7, 11) is 0. The van der Waals surface area contributed by atoms with Crippen LogP contribution in [0.1, 0.15) is 64.9 Å². The van der Waals surface area contributed by atoms with E-state index < -0.39 is 0 Å². The first kappa shape index (κ1) is 21.3. The molecule has 3 heterocycles. The van der Waals surface area contributed by atoms with Crippen LogP contribution in [0, 0.1) is 11.3 Å². The van der Waals surface area contributed by atoms with Crippen molar-refractivity contribution >= 4 is 5.91 Å². The van der Waals surface area contributed by atoms with Crippen molar-refractivity contribution in [2.24, 2.45) is 11.3 Å². The topological polar surface area (TPSA) is 64.3 Å². The number of carbonyl (C=O) groups excluding carboxylic acids is 1. The second-order valence-corrected chi connectivity index (χ2v) is 9.63. The number of rotatable bonds is 6. The van der Waals surface area contributed by atoms with Gasteiger partial charge in [0.15, 0.2) is 0 Å². The summed E-state index contributed by atoms with van der Waals surface area (Å²) in [4.78, 5) is 25.6. The van der Waals surface area contributed by atoms with E-state index >= 15 is 0 Å². The predicted molar refractivity (Wildman–Crippen MR) is 113 cm³/mol. The van der Waals surface area contributed by atoms with Crippen molar-refractivity contribution in [1.82, 2.24) is 25.1 Å². The van der Waals surface area contributed by atoms with E-state index in [-0.39, 0.29) is 5.91 Å². The van der Waals surface area contributed by atoms with Gasteiger partial charge in [0.1, 0.15) is 5.82 Å². The number of piperidine rings is 2. The fraction of sp³-hybridized carbons (Fsp3) is 0.818. The molecule has 0 saturated carbocycles. The van der Waals surface area contributed by atoms with Gasteiger partial charge in [0, 0.05) is 12.5 Å². The normalized spacial score (nSPS) is 20.4. The largest absolute Gasteiger partial charge is 0.344 e. The van der Waals surface area contributed by atoms with Crippen LogP contribution in [-0.4, -0.2) is 64.4 Å². The summed E-state index contributed by atoms with van der Waals surface area (Å²) in [6.07, 6.45) is 7.26. The molecule has 1 amide bonds. The molecule has 1 aromatic heterocycles. The first-order valence-corrected chi connectivity index (χ1v) is 11.1. The molecule has 0 aliphatic carbocycles. The zero-order chi connectivity index (χ0) is 20.1. The lowest BCUT2D eigenvalue weighted by Gasteiger charge is -2.40. The van der Waals surface area contributed by atoms with Crippen molar-refractivity contribution in [1.29, 1.82) is 0 Å². The number of imidazole rings is 1. The van der Waals surface area contributed by atoms with Gasteiger partial charge in [-0.15, -0.1) is 0 Å². The molecular weight excluding hydrogens is 350 g/mol. The highest BCUT2D eigenvalue weighted by Gasteiger charge is 2.31. The number of amides is 1. The number of H-pyrrole nitrogens is 1. The average Bonchev–Trinajstić information content (AvgIpc) is 3.14. The second-order valence-electron chi connectivity index (χ2n) is 9.63. The third-order valence-electron chi connectivity index (χ3n) is 6.60. The maximum atomic E-state index is 13.3. The molecule has 2 fully saturated rings. The van der Waals surface area contributed by atoms with Gasteiger partial charge in [-0.25, -0.2) is 4.98 Å². The first-order valence-electron chi connectivity index (χ1n) is 11.1. The highest BCUT2D eigenvalue weighted by molar-refractivity contribution is 5.78. The van der Waals surface area contributed by atoms with E-state index in [9.17, 15) is 4.79 Å². The summed E-state index contributed by atoms with van der Waals surface area (Å²) in [6, 6.07) is 0.328. The van der Waals surface area contributed by atoms with Crippen LogP contribution in [0.3, 0.4) is 0 Å². The molecule has 2 N–H and O–H groups in total. The molecule has 0 bridgehead atoms. The number of carbonyl (C=O) groups is 1. The number of aromatic amines is 1. The Bertz CT molecular complexity index is 621. The van der Waals surface area contributed by atoms with Crippen LogP contribution in [0.5, 0.6) is 0 Å². The first-order chi connectivity index (χ1) is 13.4. The van der Waals surface area contributed by atoms with Gasteiger partial charge in [-0.1, -0.05) is 27.7 Å². The van der Waals surface area contributed by atoms with Crippen LogP contribution in [0.25, 0.3) is 0 Å². The summed E-state index contributed by atoms with van der Waals surface area (Å²) in [5, 5.41) is 3.42. The number of likely N-dealkylation sites (tertiary alicyclic amines) is 1. The van der Waals surface area contributed by atoms with Gasteiger partial charge in [0.2, 0.25) is 5.91 Å². The third-order valence-corrected chi connectivity index (χ3v) is 6.60. The molecule has 0 unspecified atom stereocenters. The van der Waals surface area contributed by atoms with Crippen molar-refractivity contribution in [2.45, 2.75) is 72.4 Å². The van der Waals surface area contributed by atoms with Crippen molar-refractivity contribution in [3.8, 4) is 0 Å². The Morgan fingerprint density at radius 3 is 2.46 bits per heavy atom. The molecule has 6 heteroatoms. The minimum absolute atomic E-state index is 0.272. The van der Waals surface area contributed by atoms with Crippen LogP contribution in [-0.2, 0) is 17.8 Å². The average molecular weight is 390 g/mol. The predicted octanol–water partition coefficient (Wildman–Crippen LogP) is 2.81. The minimum atomic E-state index is 0.272. The fourth-order valence-corrected chi connectivity index (χ4v) is 4.63. The lowest BCUT2D eigenvalue weighted by atomic mass is 9.75. The minimum Gasteiger partial charge on any atom is -0.344 e. The van der Waals surface area contributed by atoms with E-state index in [2.05, 4.69) is 52.8 Å². The van der Waals surface area contributed by atoms with Crippen LogP contribution < -0.4 is 5.32 Å². The van der Waals surface area contributed by atoms with Gasteiger partial charge in [-0.2, -0.15) is 0 Å². The quantitative estimate of drug-likeness (QED) is 0.785. The molecule has 28 heavy (non-hydrogen) atoms. The van der Waals surface area contributed by atoms with E-state index in [4.69, 9.17) is 0 Å². The zero-order valence-electron chi connectivity index (χ0n) is 18.3. The molecular formula is C22H39N5O. The van der Waals surface area contributed by atoms with E-state index in [1.54, 1.807) is 0 Å². The van der Waals surface area contributed by atoms with Crippen molar-refractivity contribution in [2.75, 3.05) is 32.7 Å². The van der Waals surface area contributed by atoms with Gasteiger partial charge in [-0.3, -0.25) is 9.69 Å². The van der Waals surface area contributed by atoms with E-state index in [1.165, 1.54) is 12.8 Å². The Balaban J connectivity index is 1.61. The van der Waals surface area contributed by atoms with Gasteiger partial charge >= 0.3 is 0 Å². The van der Waals surface area contributed by atoms with Gasteiger partial charge < -0.3 is 15.2 Å². The monoisotopic (exact) mass is 389 g/mol. The molecule has 2 saturated heterocycles. The van der Waals surface area contributed by atoms with Crippen molar-refractivity contribution < 1.29 is 4.79 Å². The summed E-state index contributed by atoms with van der Waals surface area (Å²) in [5.74, 6) is 2.03. The van der Waals surface area contributed by atoms with Crippen LogP contribution in [0.4, 0.5) is 0 Å². The highest BCUT2D eigenvalue weighted by atomic mass is 16.2. The molecule has 0 radical (unpaired) electrons. The Kier molecular flexibility index (Phi) is 7.15. The Morgan fingerprint density at radius 2 is 1.89 bits per heavy atom. The fourth-order valence-electron chi connectivity index (χ4n) is 4.63. The van der Waals surface area contributed by atoms with Crippen molar-refractivity contribution in [3.05, 3.63) is 17.7 Å². The van der Waals surface area contributed by atoms with Gasteiger partial charge in [0.05, 0.1) is 25.0 Å². The third kappa shape index (κ3) is 5.57. The molecule has 0 aromatic carbocycles.